The van der Waals surface area contributed by atoms with Crippen molar-refractivity contribution in [1.82, 2.24) is 9.80 Å². The molecule has 2 aliphatic heterocycles. The summed E-state index contributed by atoms with van der Waals surface area (Å²) in [6.07, 6.45) is 2.60. The van der Waals surface area contributed by atoms with Crippen LogP contribution in [0.5, 0.6) is 0 Å². The smallest absolute Gasteiger partial charge is 0.123 e. The molecule has 3 nitrogen and oxygen atoms in total. The van der Waals surface area contributed by atoms with Crippen molar-refractivity contribution in [2.75, 3.05) is 51.2 Å². The Labute approximate surface area is 121 Å². The monoisotopic (exact) mass is 277 g/mol. The van der Waals surface area contributed by atoms with Crippen molar-refractivity contribution in [3.8, 4) is 0 Å². The molecule has 4 heteroatoms. The van der Waals surface area contributed by atoms with Crippen molar-refractivity contribution in [2.24, 2.45) is 0 Å². The minimum Gasteiger partial charge on any atom is -0.369 e. The highest BCUT2D eigenvalue weighted by molar-refractivity contribution is 5.46. The van der Waals surface area contributed by atoms with Gasteiger partial charge in [0.25, 0.3) is 0 Å². The Hall–Kier alpha value is -1.13. The first-order valence-corrected chi connectivity index (χ1v) is 7.65. The molecule has 2 aliphatic rings. The minimum atomic E-state index is -0.154. The van der Waals surface area contributed by atoms with E-state index in [1.54, 1.807) is 12.1 Å². The van der Waals surface area contributed by atoms with Crippen molar-refractivity contribution in [3.63, 3.8) is 0 Å². The lowest BCUT2D eigenvalue weighted by Gasteiger charge is -2.42. The zero-order valence-corrected chi connectivity index (χ0v) is 12.3. The van der Waals surface area contributed by atoms with Crippen molar-refractivity contribution in [3.05, 3.63) is 30.1 Å². The maximum absolute atomic E-state index is 13.0. The highest BCUT2D eigenvalue weighted by Gasteiger charge is 2.26. The van der Waals surface area contributed by atoms with Gasteiger partial charge in [0, 0.05) is 37.9 Å². The summed E-state index contributed by atoms with van der Waals surface area (Å²) in [5, 5.41) is 0. The molecule has 2 fully saturated rings. The third-order valence-corrected chi connectivity index (χ3v) is 4.71. The third-order valence-electron chi connectivity index (χ3n) is 4.71. The van der Waals surface area contributed by atoms with Crippen LogP contribution in [0.4, 0.5) is 10.1 Å². The zero-order valence-electron chi connectivity index (χ0n) is 12.3. The first kappa shape index (κ1) is 13.8. The first-order valence-electron chi connectivity index (χ1n) is 7.65. The van der Waals surface area contributed by atoms with E-state index in [0.717, 1.165) is 37.9 Å². The van der Waals surface area contributed by atoms with Crippen LogP contribution in [0.2, 0.25) is 0 Å². The van der Waals surface area contributed by atoms with E-state index in [-0.39, 0.29) is 5.82 Å². The van der Waals surface area contributed by atoms with E-state index in [4.69, 9.17) is 0 Å². The highest BCUT2D eigenvalue weighted by atomic mass is 19.1. The van der Waals surface area contributed by atoms with E-state index in [1.165, 1.54) is 25.9 Å². The summed E-state index contributed by atoms with van der Waals surface area (Å²) in [5.41, 5.74) is 1.15. The van der Waals surface area contributed by atoms with Gasteiger partial charge in [0.05, 0.1) is 0 Å². The number of benzene rings is 1. The zero-order chi connectivity index (χ0) is 13.9. The van der Waals surface area contributed by atoms with E-state index in [9.17, 15) is 4.39 Å². The summed E-state index contributed by atoms with van der Waals surface area (Å²) >= 11 is 0. The van der Waals surface area contributed by atoms with Crippen LogP contribution in [-0.4, -0.2) is 62.2 Å². The van der Waals surface area contributed by atoms with E-state index in [1.807, 2.05) is 12.1 Å². The third kappa shape index (κ3) is 3.13. The van der Waals surface area contributed by atoms with Gasteiger partial charge in [-0.15, -0.1) is 0 Å². The maximum atomic E-state index is 13.0. The normalized spacial score (nSPS) is 23.2. The largest absolute Gasteiger partial charge is 0.369 e. The van der Waals surface area contributed by atoms with E-state index in [0.29, 0.717) is 0 Å². The van der Waals surface area contributed by atoms with E-state index in [2.05, 4.69) is 21.7 Å². The maximum Gasteiger partial charge on any atom is 0.123 e. The SMILES string of the molecule is CN1CCC(N2CCN(c3ccc(F)cc3)CC2)CC1. The number of likely N-dealkylation sites (tertiary alicyclic amines) is 1. The molecule has 0 bridgehead atoms. The van der Waals surface area contributed by atoms with Crippen molar-refractivity contribution in [1.29, 1.82) is 0 Å². The molecule has 0 unspecified atom stereocenters. The fraction of sp³-hybridized carbons (Fsp3) is 0.625. The number of hydrogen-bond donors (Lipinski definition) is 0. The van der Waals surface area contributed by atoms with Gasteiger partial charge in [0.1, 0.15) is 5.82 Å². The molecule has 0 saturated carbocycles. The molecular weight excluding hydrogens is 253 g/mol. The molecule has 0 aliphatic carbocycles. The van der Waals surface area contributed by atoms with Gasteiger partial charge < -0.3 is 9.80 Å². The van der Waals surface area contributed by atoms with Gasteiger partial charge in [-0.25, -0.2) is 4.39 Å². The van der Waals surface area contributed by atoms with Gasteiger partial charge in [-0.05, 0) is 57.2 Å². The Morgan fingerprint density at radius 2 is 1.50 bits per heavy atom. The van der Waals surface area contributed by atoms with Crippen molar-refractivity contribution < 1.29 is 4.39 Å². The molecule has 0 radical (unpaired) electrons. The molecule has 0 N–H and O–H groups in total. The van der Waals surface area contributed by atoms with Crippen LogP contribution in [0, 0.1) is 5.82 Å². The number of rotatable bonds is 2. The van der Waals surface area contributed by atoms with Crippen LogP contribution in [0.15, 0.2) is 24.3 Å². The summed E-state index contributed by atoms with van der Waals surface area (Å²) in [4.78, 5) is 7.43. The molecule has 0 aromatic heterocycles. The summed E-state index contributed by atoms with van der Waals surface area (Å²) < 4.78 is 13.0. The molecule has 2 saturated heterocycles. The van der Waals surface area contributed by atoms with Crippen LogP contribution in [-0.2, 0) is 0 Å². The molecule has 20 heavy (non-hydrogen) atoms. The Balaban J connectivity index is 1.53. The molecule has 0 amide bonds. The second kappa shape index (κ2) is 6.10. The summed E-state index contributed by atoms with van der Waals surface area (Å²) in [6.45, 7) is 6.82. The quantitative estimate of drug-likeness (QED) is 0.819. The second-order valence-corrected chi connectivity index (χ2v) is 6.03. The van der Waals surface area contributed by atoms with Crippen LogP contribution in [0.3, 0.4) is 0 Å². The predicted molar refractivity (Wildman–Crippen MR) is 80.7 cm³/mol. The Kier molecular flexibility index (Phi) is 4.22. The number of hydrogen-bond acceptors (Lipinski definition) is 3. The summed E-state index contributed by atoms with van der Waals surface area (Å²) in [5.74, 6) is -0.154. The number of halogens is 1. The molecule has 0 spiro atoms. The van der Waals surface area contributed by atoms with Crippen molar-refractivity contribution in [2.45, 2.75) is 18.9 Å². The van der Waals surface area contributed by atoms with Gasteiger partial charge in [0.2, 0.25) is 0 Å². The van der Waals surface area contributed by atoms with Crippen LogP contribution >= 0.6 is 0 Å². The predicted octanol–water partition coefficient (Wildman–Crippen LogP) is 2.04. The average molecular weight is 277 g/mol. The minimum absolute atomic E-state index is 0.154. The number of anilines is 1. The molecule has 0 atom stereocenters. The number of piperidine rings is 1. The fourth-order valence-corrected chi connectivity index (χ4v) is 3.36. The van der Waals surface area contributed by atoms with Gasteiger partial charge >= 0.3 is 0 Å². The number of piperazine rings is 1. The van der Waals surface area contributed by atoms with Crippen LogP contribution < -0.4 is 4.90 Å². The summed E-state index contributed by atoms with van der Waals surface area (Å²) in [7, 11) is 2.21. The first-order chi connectivity index (χ1) is 9.72. The molecular formula is C16H24FN3. The Morgan fingerprint density at radius 3 is 2.10 bits per heavy atom. The lowest BCUT2D eigenvalue weighted by molar-refractivity contribution is 0.115. The van der Waals surface area contributed by atoms with Gasteiger partial charge in [0.15, 0.2) is 0 Å². The molecule has 2 heterocycles. The lowest BCUT2D eigenvalue weighted by Crippen LogP contribution is -2.53. The van der Waals surface area contributed by atoms with Gasteiger partial charge in [-0.1, -0.05) is 0 Å². The second-order valence-electron chi connectivity index (χ2n) is 6.03. The highest BCUT2D eigenvalue weighted by Crippen LogP contribution is 2.21. The Bertz CT molecular complexity index is 418. The average Bonchev–Trinajstić information content (AvgIpc) is 2.49. The molecule has 1 aromatic carbocycles. The van der Waals surface area contributed by atoms with Crippen LogP contribution in [0.1, 0.15) is 12.8 Å². The fourth-order valence-electron chi connectivity index (χ4n) is 3.36. The summed E-state index contributed by atoms with van der Waals surface area (Å²) in [6, 6.07) is 7.65. The molecule has 3 rings (SSSR count). The van der Waals surface area contributed by atoms with Crippen molar-refractivity contribution >= 4 is 5.69 Å². The Morgan fingerprint density at radius 1 is 0.900 bits per heavy atom. The standard InChI is InChI=1S/C16H24FN3/c1-18-8-6-16(7-9-18)20-12-10-19(11-13-20)15-4-2-14(17)3-5-15/h2-5,16H,6-13H2,1H3. The topological polar surface area (TPSA) is 9.72 Å². The van der Waals surface area contributed by atoms with Gasteiger partial charge in [-0.3, -0.25) is 4.90 Å². The lowest BCUT2D eigenvalue weighted by atomic mass is 10.0. The molecule has 110 valence electrons. The van der Waals surface area contributed by atoms with Gasteiger partial charge in [-0.2, -0.15) is 0 Å². The molecule has 1 aromatic rings. The van der Waals surface area contributed by atoms with E-state index < -0.39 is 0 Å². The van der Waals surface area contributed by atoms with E-state index >= 15 is 0 Å². The van der Waals surface area contributed by atoms with Crippen LogP contribution in [0.25, 0.3) is 0 Å². The number of nitrogens with zero attached hydrogens (tertiary/aromatic N) is 3.